The van der Waals surface area contributed by atoms with Gasteiger partial charge in [-0.3, -0.25) is 4.98 Å². The standard InChI is InChI=1S/C21H19BrClN5/c22-16-9-15-2-1-14-10-17(23)3-4-18(14)19(20(15)26-11-16)13-5-7-28(8-6-13)21(25)27-12-24/h3-4,9-11H,1-2,5-8H2,(H2,25,27). The summed E-state index contributed by atoms with van der Waals surface area (Å²) in [6.07, 6.45) is 7.22. The molecule has 1 aromatic heterocycles. The molecule has 5 nitrogen and oxygen atoms in total. The third kappa shape index (κ3) is 3.65. The van der Waals surface area contributed by atoms with Crippen LogP contribution in [0.2, 0.25) is 5.02 Å². The number of aromatic nitrogens is 1. The summed E-state index contributed by atoms with van der Waals surface area (Å²) in [6.45, 7) is 1.48. The van der Waals surface area contributed by atoms with Crippen molar-refractivity contribution < 1.29 is 0 Å². The van der Waals surface area contributed by atoms with Crippen molar-refractivity contribution in [3.05, 3.63) is 67.9 Å². The molecule has 0 unspecified atom stereocenters. The molecule has 2 N–H and O–H groups in total. The number of rotatable bonds is 0. The fraction of sp³-hybridized carbons (Fsp3) is 0.286. The molecule has 2 aliphatic rings. The van der Waals surface area contributed by atoms with Gasteiger partial charge in [-0.1, -0.05) is 23.2 Å². The lowest BCUT2D eigenvalue weighted by Crippen LogP contribution is -2.41. The minimum absolute atomic E-state index is 0.294. The molecular weight excluding hydrogens is 438 g/mol. The summed E-state index contributed by atoms with van der Waals surface area (Å²) in [4.78, 5) is 10.4. The quantitative estimate of drug-likeness (QED) is 0.364. The number of fused-ring (bicyclic) bond motifs is 2. The lowest BCUT2D eigenvalue weighted by Gasteiger charge is -2.30. The Bertz CT molecular complexity index is 972. The highest BCUT2D eigenvalue weighted by Gasteiger charge is 2.26. The van der Waals surface area contributed by atoms with Gasteiger partial charge in [0, 0.05) is 34.4 Å². The number of hydrogen-bond donors (Lipinski definition) is 1. The number of hydrogen-bond acceptors (Lipinski definition) is 3. The maximum Gasteiger partial charge on any atom is 0.209 e. The summed E-state index contributed by atoms with van der Waals surface area (Å²) in [6, 6.07) is 8.32. The largest absolute Gasteiger partial charge is 0.369 e. The summed E-state index contributed by atoms with van der Waals surface area (Å²) in [5.41, 5.74) is 13.3. The van der Waals surface area contributed by atoms with Gasteiger partial charge in [0.25, 0.3) is 0 Å². The summed E-state index contributed by atoms with van der Waals surface area (Å²) in [5, 5.41) is 9.50. The first-order chi connectivity index (χ1) is 13.6. The van der Waals surface area contributed by atoms with E-state index in [0.717, 1.165) is 54.0 Å². The van der Waals surface area contributed by atoms with E-state index in [1.807, 2.05) is 17.2 Å². The van der Waals surface area contributed by atoms with E-state index in [9.17, 15) is 0 Å². The predicted octanol–water partition coefficient (Wildman–Crippen LogP) is 4.29. The number of likely N-dealkylation sites (tertiary alicyclic amines) is 1. The molecule has 2 aromatic rings. The van der Waals surface area contributed by atoms with Gasteiger partial charge in [-0.05, 0) is 76.5 Å². The van der Waals surface area contributed by atoms with Gasteiger partial charge in [0.1, 0.15) is 0 Å². The normalized spacial score (nSPS) is 16.9. The molecule has 4 rings (SSSR count). The number of pyridine rings is 1. The summed E-state index contributed by atoms with van der Waals surface area (Å²) < 4.78 is 0.995. The van der Waals surface area contributed by atoms with Gasteiger partial charge in [0.15, 0.2) is 0 Å². The van der Waals surface area contributed by atoms with Gasteiger partial charge in [-0.15, -0.1) is 4.99 Å². The second-order valence-electron chi connectivity index (χ2n) is 7.00. The maximum atomic E-state index is 8.74. The van der Waals surface area contributed by atoms with Crippen LogP contribution in [0, 0.1) is 11.5 Å². The van der Waals surface area contributed by atoms with Crippen molar-refractivity contribution in [3.63, 3.8) is 0 Å². The van der Waals surface area contributed by atoms with Crippen LogP contribution in [-0.4, -0.2) is 28.9 Å². The molecule has 28 heavy (non-hydrogen) atoms. The Morgan fingerprint density at radius 3 is 2.68 bits per heavy atom. The SMILES string of the molecule is N#CN=C(N)N1CCC(=C2c3ccc(Cl)cc3CCc3cc(Br)cnc32)CC1. The predicted molar refractivity (Wildman–Crippen MR) is 115 cm³/mol. The van der Waals surface area contributed by atoms with Gasteiger partial charge < -0.3 is 10.6 Å². The van der Waals surface area contributed by atoms with E-state index >= 15 is 0 Å². The number of piperidine rings is 1. The zero-order chi connectivity index (χ0) is 19.7. The number of guanidine groups is 1. The number of aliphatic imine (C=N–C) groups is 1. The molecule has 7 heteroatoms. The average molecular weight is 457 g/mol. The van der Waals surface area contributed by atoms with Crippen molar-refractivity contribution in [1.82, 2.24) is 9.88 Å². The smallest absolute Gasteiger partial charge is 0.209 e. The Labute approximate surface area is 177 Å². The van der Waals surface area contributed by atoms with Crippen LogP contribution in [-0.2, 0) is 12.8 Å². The first-order valence-electron chi connectivity index (χ1n) is 9.19. The van der Waals surface area contributed by atoms with Crippen molar-refractivity contribution in [1.29, 1.82) is 5.26 Å². The van der Waals surface area contributed by atoms with Crippen LogP contribution < -0.4 is 5.73 Å². The Balaban J connectivity index is 1.81. The van der Waals surface area contributed by atoms with E-state index in [2.05, 4.69) is 39.1 Å². The Kier molecular flexibility index (Phi) is 5.38. The lowest BCUT2D eigenvalue weighted by molar-refractivity contribution is 0.385. The van der Waals surface area contributed by atoms with Gasteiger partial charge >= 0.3 is 0 Å². The number of nitrogens with two attached hydrogens (primary N) is 1. The summed E-state index contributed by atoms with van der Waals surface area (Å²) in [5.74, 6) is 0.294. The monoisotopic (exact) mass is 455 g/mol. The number of nitrogens with zero attached hydrogens (tertiary/aromatic N) is 4. The maximum absolute atomic E-state index is 8.74. The molecule has 0 atom stereocenters. The zero-order valence-corrected chi connectivity index (χ0v) is 17.6. The van der Waals surface area contributed by atoms with Crippen LogP contribution in [0.1, 0.15) is 35.2 Å². The number of aryl methyl sites for hydroxylation is 2. The fourth-order valence-corrected chi connectivity index (χ4v) is 4.62. The topological polar surface area (TPSA) is 78.3 Å². The van der Waals surface area contributed by atoms with Gasteiger partial charge in [0.2, 0.25) is 12.2 Å². The van der Waals surface area contributed by atoms with Crippen molar-refractivity contribution in [2.45, 2.75) is 25.7 Å². The molecule has 1 saturated heterocycles. The van der Waals surface area contributed by atoms with Crippen LogP contribution in [0.4, 0.5) is 0 Å². The first kappa shape index (κ1) is 19.0. The molecule has 1 aliphatic carbocycles. The minimum atomic E-state index is 0.294. The fourth-order valence-electron chi connectivity index (χ4n) is 4.04. The molecule has 1 aromatic carbocycles. The van der Waals surface area contributed by atoms with Crippen molar-refractivity contribution >= 4 is 39.1 Å². The molecule has 1 aliphatic heterocycles. The Morgan fingerprint density at radius 2 is 1.93 bits per heavy atom. The zero-order valence-electron chi connectivity index (χ0n) is 15.3. The molecule has 2 heterocycles. The van der Waals surface area contributed by atoms with Crippen LogP contribution in [0.25, 0.3) is 5.57 Å². The third-order valence-corrected chi connectivity index (χ3v) is 6.05. The van der Waals surface area contributed by atoms with Gasteiger partial charge in [-0.25, -0.2) is 0 Å². The molecule has 0 spiro atoms. The van der Waals surface area contributed by atoms with Gasteiger partial charge in [0.05, 0.1) is 5.69 Å². The molecule has 0 bridgehead atoms. The number of benzene rings is 1. The third-order valence-electron chi connectivity index (χ3n) is 5.38. The van der Waals surface area contributed by atoms with E-state index < -0.39 is 0 Å². The second kappa shape index (κ2) is 7.94. The van der Waals surface area contributed by atoms with Crippen LogP contribution in [0.5, 0.6) is 0 Å². The Morgan fingerprint density at radius 1 is 1.18 bits per heavy atom. The minimum Gasteiger partial charge on any atom is -0.369 e. The van der Waals surface area contributed by atoms with E-state index in [1.54, 1.807) is 6.19 Å². The van der Waals surface area contributed by atoms with E-state index in [1.165, 1.54) is 27.8 Å². The van der Waals surface area contributed by atoms with E-state index in [0.29, 0.717) is 5.96 Å². The molecule has 0 radical (unpaired) electrons. The molecule has 142 valence electrons. The van der Waals surface area contributed by atoms with Crippen molar-refractivity contribution in [2.75, 3.05) is 13.1 Å². The molecule has 1 fully saturated rings. The van der Waals surface area contributed by atoms with Crippen molar-refractivity contribution in [2.24, 2.45) is 10.7 Å². The van der Waals surface area contributed by atoms with Crippen LogP contribution in [0.3, 0.4) is 0 Å². The highest BCUT2D eigenvalue weighted by Crippen LogP contribution is 2.39. The first-order valence-corrected chi connectivity index (χ1v) is 10.4. The second-order valence-corrected chi connectivity index (χ2v) is 8.35. The van der Waals surface area contributed by atoms with Crippen molar-refractivity contribution in [3.8, 4) is 6.19 Å². The van der Waals surface area contributed by atoms with Crippen LogP contribution in [0.15, 0.2) is 45.5 Å². The summed E-state index contributed by atoms with van der Waals surface area (Å²) in [7, 11) is 0. The highest BCUT2D eigenvalue weighted by atomic mass is 79.9. The average Bonchev–Trinajstić information content (AvgIpc) is 2.84. The lowest BCUT2D eigenvalue weighted by atomic mass is 9.88. The van der Waals surface area contributed by atoms with Crippen LogP contribution >= 0.6 is 27.5 Å². The molecular formula is C21H19BrClN5. The highest BCUT2D eigenvalue weighted by molar-refractivity contribution is 9.10. The molecule has 0 saturated carbocycles. The number of halogens is 2. The van der Waals surface area contributed by atoms with E-state index in [-0.39, 0.29) is 0 Å². The van der Waals surface area contributed by atoms with Gasteiger partial charge in [-0.2, -0.15) is 5.26 Å². The summed E-state index contributed by atoms with van der Waals surface area (Å²) >= 11 is 9.84. The van der Waals surface area contributed by atoms with E-state index in [4.69, 9.17) is 27.6 Å². The molecule has 0 amide bonds. The number of nitriles is 1. The Hall–Kier alpha value is -2.36.